The van der Waals surface area contributed by atoms with Gasteiger partial charge >= 0.3 is 0 Å². The van der Waals surface area contributed by atoms with Crippen LogP contribution in [0.2, 0.25) is 0 Å². The molecule has 0 atom stereocenters. The first-order valence-electron chi connectivity index (χ1n) is 10.6. The van der Waals surface area contributed by atoms with Crippen LogP contribution >= 0.6 is 0 Å². The average molecular weight is 425 g/mol. The lowest BCUT2D eigenvalue weighted by molar-refractivity contribution is -0.117. The Hall–Kier alpha value is -4.00. The summed E-state index contributed by atoms with van der Waals surface area (Å²) in [6, 6.07) is 18.7. The van der Waals surface area contributed by atoms with Crippen LogP contribution in [0.3, 0.4) is 0 Å². The zero-order valence-corrected chi connectivity index (χ0v) is 17.9. The maximum absolute atomic E-state index is 13.3. The molecule has 1 saturated carbocycles. The average Bonchev–Trinajstić information content (AvgIpc) is 3.61. The van der Waals surface area contributed by atoms with Crippen molar-refractivity contribution < 1.29 is 9.59 Å². The molecule has 1 aliphatic carbocycles. The SMILES string of the molecule is Cc1nn(C)c2nc(-c3ccccc3)cc(C(=O)Nc3ccc(NC(=O)C4CC4)cc3)c12. The second-order valence-electron chi connectivity index (χ2n) is 8.12. The first-order chi connectivity index (χ1) is 15.5. The zero-order valence-electron chi connectivity index (χ0n) is 17.9. The highest BCUT2D eigenvalue weighted by Crippen LogP contribution is 2.30. The third-order valence-corrected chi connectivity index (χ3v) is 5.64. The fourth-order valence-corrected chi connectivity index (χ4v) is 3.81. The van der Waals surface area contributed by atoms with Crippen molar-refractivity contribution in [2.24, 2.45) is 13.0 Å². The molecule has 0 bridgehead atoms. The topological polar surface area (TPSA) is 88.9 Å². The second-order valence-corrected chi connectivity index (χ2v) is 8.12. The molecule has 2 aromatic carbocycles. The van der Waals surface area contributed by atoms with Crippen LogP contribution in [-0.4, -0.2) is 26.6 Å². The van der Waals surface area contributed by atoms with E-state index in [2.05, 4.69) is 15.7 Å². The van der Waals surface area contributed by atoms with Gasteiger partial charge < -0.3 is 10.6 Å². The highest BCUT2D eigenvalue weighted by Gasteiger charge is 2.29. The largest absolute Gasteiger partial charge is 0.326 e. The van der Waals surface area contributed by atoms with Gasteiger partial charge in [0.2, 0.25) is 5.91 Å². The van der Waals surface area contributed by atoms with Crippen molar-refractivity contribution in [3.63, 3.8) is 0 Å². The maximum atomic E-state index is 13.3. The van der Waals surface area contributed by atoms with Crippen LogP contribution in [0.25, 0.3) is 22.3 Å². The standard InChI is InChI=1S/C25H23N5O2/c1-15-22-20(14-21(16-6-4-3-5-7-16)28-23(22)30(2)29-15)25(32)27-19-12-10-18(11-13-19)26-24(31)17-8-9-17/h3-7,10-14,17H,8-9H2,1-2H3,(H,26,31)(H,27,32). The minimum atomic E-state index is -0.236. The number of benzene rings is 2. The van der Waals surface area contributed by atoms with E-state index in [-0.39, 0.29) is 17.7 Å². The molecule has 0 aliphatic heterocycles. The number of hydrogen-bond acceptors (Lipinski definition) is 4. The second kappa shape index (κ2) is 7.92. The molecular formula is C25H23N5O2. The number of rotatable bonds is 5. The van der Waals surface area contributed by atoms with E-state index >= 15 is 0 Å². The van der Waals surface area contributed by atoms with Crippen LogP contribution in [-0.2, 0) is 11.8 Å². The number of aromatic nitrogens is 3. The molecule has 0 unspecified atom stereocenters. The Labute approximate surface area is 185 Å². The lowest BCUT2D eigenvalue weighted by atomic mass is 10.0. The summed E-state index contributed by atoms with van der Waals surface area (Å²) in [7, 11) is 1.83. The molecule has 2 heterocycles. The van der Waals surface area contributed by atoms with E-state index < -0.39 is 0 Å². The molecule has 160 valence electrons. The van der Waals surface area contributed by atoms with Gasteiger partial charge in [-0.05, 0) is 50.1 Å². The summed E-state index contributed by atoms with van der Waals surface area (Å²) >= 11 is 0. The molecule has 2 aromatic heterocycles. The molecule has 2 N–H and O–H groups in total. The van der Waals surface area contributed by atoms with Crippen molar-refractivity contribution in [1.82, 2.24) is 14.8 Å². The summed E-state index contributed by atoms with van der Waals surface area (Å²) in [5, 5.41) is 11.1. The monoisotopic (exact) mass is 425 g/mol. The number of amides is 2. The van der Waals surface area contributed by atoms with Gasteiger partial charge in [0.05, 0.1) is 22.3 Å². The van der Waals surface area contributed by atoms with Gasteiger partial charge in [0, 0.05) is 29.9 Å². The van der Waals surface area contributed by atoms with E-state index in [9.17, 15) is 9.59 Å². The fourth-order valence-electron chi connectivity index (χ4n) is 3.81. The van der Waals surface area contributed by atoms with Crippen LogP contribution in [0.15, 0.2) is 60.7 Å². The number of fused-ring (bicyclic) bond motifs is 1. The molecule has 0 radical (unpaired) electrons. The summed E-state index contributed by atoms with van der Waals surface area (Å²) in [6.07, 6.45) is 1.91. The van der Waals surface area contributed by atoms with Gasteiger partial charge in [0.25, 0.3) is 5.91 Å². The maximum Gasteiger partial charge on any atom is 0.256 e. The van der Waals surface area contributed by atoms with Crippen molar-refractivity contribution in [1.29, 1.82) is 0 Å². The predicted octanol–water partition coefficient (Wildman–Crippen LogP) is 4.54. The van der Waals surface area contributed by atoms with E-state index in [1.54, 1.807) is 28.9 Å². The molecule has 5 rings (SSSR count). The highest BCUT2D eigenvalue weighted by molar-refractivity contribution is 6.13. The van der Waals surface area contributed by atoms with Crippen molar-refractivity contribution in [3.05, 3.63) is 71.9 Å². The molecule has 32 heavy (non-hydrogen) atoms. The van der Waals surface area contributed by atoms with Crippen molar-refractivity contribution in [2.75, 3.05) is 10.6 Å². The van der Waals surface area contributed by atoms with Crippen LogP contribution in [0.4, 0.5) is 11.4 Å². The molecule has 2 amide bonds. The minimum absolute atomic E-state index is 0.0569. The van der Waals surface area contributed by atoms with Gasteiger partial charge in [-0.2, -0.15) is 5.10 Å². The molecule has 0 spiro atoms. The molecule has 7 heteroatoms. The van der Waals surface area contributed by atoms with E-state index in [0.29, 0.717) is 22.6 Å². The number of nitrogens with one attached hydrogen (secondary N) is 2. The smallest absolute Gasteiger partial charge is 0.256 e. The zero-order chi connectivity index (χ0) is 22.2. The van der Waals surface area contributed by atoms with Gasteiger partial charge in [0.1, 0.15) is 0 Å². The number of aryl methyl sites for hydroxylation is 2. The normalized spacial score (nSPS) is 13.2. The summed E-state index contributed by atoms with van der Waals surface area (Å²) in [5.41, 5.74) is 4.94. The highest BCUT2D eigenvalue weighted by atomic mass is 16.2. The van der Waals surface area contributed by atoms with E-state index in [1.807, 2.05) is 50.4 Å². The number of carbonyl (C=O) groups excluding carboxylic acids is 2. The molecular weight excluding hydrogens is 402 g/mol. The summed E-state index contributed by atoms with van der Waals surface area (Å²) in [5.74, 6) is -0.0353. The third kappa shape index (κ3) is 3.85. The first kappa shape index (κ1) is 19.9. The van der Waals surface area contributed by atoms with Crippen molar-refractivity contribution in [2.45, 2.75) is 19.8 Å². The van der Waals surface area contributed by atoms with E-state index in [1.165, 1.54) is 0 Å². The molecule has 0 saturated heterocycles. The Morgan fingerprint density at radius 1 is 0.969 bits per heavy atom. The molecule has 4 aromatic rings. The Balaban J connectivity index is 1.45. The van der Waals surface area contributed by atoms with Gasteiger partial charge in [0.15, 0.2) is 5.65 Å². The van der Waals surface area contributed by atoms with Crippen LogP contribution in [0.1, 0.15) is 28.9 Å². The summed E-state index contributed by atoms with van der Waals surface area (Å²) in [4.78, 5) is 30.0. The summed E-state index contributed by atoms with van der Waals surface area (Å²) < 4.78 is 1.70. The third-order valence-electron chi connectivity index (χ3n) is 5.64. The number of pyridine rings is 1. The Bertz CT molecular complexity index is 1320. The van der Waals surface area contributed by atoms with Crippen LogP contribution in [0.5, 0.6) is 0 Å². The number of anilines is 2. The van der Waals surface area contributed by atoms with Crippen molar-refractivity contribution in [3.8, 4) is 11.3 Å². The van der Waals surface area contributed by atoms with E-state index in [4.69, 9.17) is 4.98 Å². The predicted molar refractivity (Wildman–Crippen MR) is 124 cm³/mol. The Morgan fingerprint density at radius 2 is 1.62 bits per heavy atom. The lowest BCUT2D eigenvalue weighted by Crippen LogP contribution is -2.14. The lowest BCUT2D eigenvalue weighted by Gasteiger charge is -2.10. The van der Waals surface area contributed by atoms with Gasteiger partial charge in [-0.3, -0.25) is 14.3 Å². The number of nitrogens with zero attached hydrogens (tertiary/aromatic N) is 3. The quantitative estimate of drug-likeness (QED) is 0.491. The first-order valence-corrected chi connectivity index (χ1v) is 10.6. The molecule has 7 nitrogen and oxygen atoms in total. The minimum Gasteiger partial charge on any atom is -0.326 e. The van der Waals surface area contributed by atoms with Gasteiger partial charge in [-0.15, -0.1) is 0 Å². The van der Waals surface area contributed by atoms with Gasteiger partial charge in [-0.25, -0.2) is 4.98 Å². The molecule has 1 fully saturated rings. The Morgan fingerprint density at radius 3 is 2.28 bits per heavy atom. The van der Waals surface area contributed by atoms with Gasteiger partial charge in [-0.1, -0.05) is 30.3 Å². The Kier molecular flexibility index (Phi) is 4.93. The summed E-state index contributed by atoms with van der Waals surface area (Å²) in [6.45, 7) is 1.88. The van der Waals surface area contributed by atoms with Crippen LogP contribution < -0.4 is 10.6 Å². The van der Waals surface area contributed by atoms with Crippen LogP contribution in [0, 0.1) is 12.8 Å². The van der Waals surface area contributed by atoms with E-state index in [0.717, 1.165) is 35.2 Å². The molecule has 1 aliphatic rings. The number of hydrogen-bond donors (Lipinski definition) is 2. The number of carbonyl (C=O) groups is 2. The van der Waals surface area contributed by atoms with Crippen molar-refractivity contribution >= 4 is 34.2 Å². The fraction of sp³-hybridized carbons (Fsp3) is 0.200.